The topological polar surface area (TPSA) is 77.9 Å². The smallest absolute Gasteiger partial charge is 0.420 e. The summed E-state index contributed by atoms with van der Waals surface area (Å²) in [5, 5.41) is 0.302. The van der Waals surface area contributed by atoms with Crippen molar-refractivity contribution in [3.8, 4) is 16.9 Å². The highest BCUT2D eigenvalue weighted by Crippen LogP contribution is 2.39. The zero-order valence-electron chi connectivity index (χ0n) is 15.9. The Kier molecular flexibility index (Phi) is 5.40. The van der Waals surface area contributed by atoms with Crippen LogP contribution in [-0.4, -0.2) is 37.3 Å². The molecule has 9 heteroatoms. The number of fused-ring (bicyclic) bond motifs is 1. The molecule has 1 aromatic heterocycles. The first-order chi connectivity index (χ1) is 14.3. The van der Waals surface area contributed by atoms with E-state index >= 15 is 0 Å². The summed E-state index contributed by atoms with van der Waals surface area (Å²) in [6.07, 6.45) is -5.12. The van der Waals surface area contributed by atoms with Gasteiger partial charge in [0.15, 0.2) is 0 Å². The number of hydrogen-bond donors (Lipinski definition) is 1. The largest absolute Gasteiger partial charge is 0.459 e. The molecule has 1 amide bonds. The molecule has 1 fully saturated rings. The van der Waals surface area contributed by atoms with E-state index in [1.165, 1.54) is 17.0 Å². The van der Waals surface area contributed by atoms with Gasteiger partial charge in [-0.15, -0.1) is 0 Å². The third-order valence-electron chi connectivity index (χ3n) is 4.82. The minimum absolute atomic E-state index is 0.00567. The van der Waals surface area contributed by atoms with Gasteiger partial charge in [-0.1, -0.05) is 12.1 Å². The molecule has 2 N–H and O–H groups in total. The predicted octanol–water partition coefficient (Wildman–Crippen LogP) is 4.41. The number of morpholine rings is 1. The van der Waals surface area contributed by atoms with Crippen LogP contribution in [0.4, 0.5) is 18.0 Å². The molecule has 1 aliphatic rings. The van der Waals surface area contributed by atoms with Gasteiger partial charge >= 0.3 is 12.3 Å². The maximum Gasteiger partial charge on any atom is 0.420 e. The van der Waals surface area contributed by atoms with Crippen molar-refractivity contribution in [2.75, 3.05) is 26.3 Å². The second-order valence-corrected chi connectivity index (χ2v) is 6.85. The van der Waals surface area contributed by atoms with Gasteiger partial charge in [-0.05, 0) is 41.5 Å². The van der Waals surface area contributed by atoms with Gasteiger partial charge in [0.2, 0.25) is 0 Å². The van der Waals surface area contributed by atoms with Crippen LogP contribution in [0.5, 0.6) is 5.75 Å². The predicted molar refractivity (Wildman–Crippen MR) is 103 cm³/mol. The molecule has 0 bridgehead atoms. The molecule has 3 aromatic rings. The number of furan rings is 1. The standard InChI is InChI=1S/C21H19F3N2O4/c22-21(23,24)18-11-14(8-15-10-17(12-25)29-19(15)18)13-2-1-3-16(9-13)30-20(27)26-4-6-28-7-5-26/h1-3,8-11H,4-7,12,25H2. The molecule has 2 heterocycles. The Labute approximate surface area is 169 Å². The van der Waals surface area contributed by atoms with Crippen molar-refractivity contribution in [1.82, 2.24) is 4.90 Å². The van der Waals surface area contributed by atoms with Crippen molar-refractivity contribution in [2.24, 2.45) is 5.73 Å². The monoisotopic (exact) mass is 420 g/mol. The van der Waals surface area contributed by atoms with Crippen LogP contribution < -0.4 is 10.5 Å². The van der Waals surface area contributed by atoms with Gasteiger partial charge in [0.1, 0.15) is 17.1 Å². The summed E-state index contributed by atoms with van der Waals surface area (Å²) < 4.78 is 56.7. The number of nitrogens with zero attached hydrogens (tertiary/aromatic N) is 1. The first-order valence-electron chi connectivity index (χ1n) is 9.34. The van der Waals surface area contributed by atoms with Crippen LogP contribution in [0, 0.1) is 0 Å². The van der Waals surface area contributed by atoms with Crippen LogP contribution in [0.25, 0.3) is 22.1 Å². The molecule has 4 rings (SSSR count). The summed E-state index contributed by atoms with van der Waals surface area (Å²) in [5.41, 5.74) is 5.18. The van der Waals surface area contributed by atoms with Gasteiger partial charge in [0.05, 0.1) is 25.3 Å². The second kappa shape index (κ2) is 8.00. The Balaban J connectivity index is 1.68. The van der Waals surface area contributed by atoms with Gasteiger partial charge in [0.25, 0.3) is 0 Å². The number of halogens is 3. The quantitative estimate of drug-likeness (QED) is 0.679. The molecule has 30 heavy (non-hydrogen) atoms. The van der Waals surface area contributed by atoms with E-state index in [2.05, 4.69) is 0 Å². The van der Waals surface area contributed by atoms with E-state index in [4.69, 9.17) is 19.6 Å². The van der Waals surface area contributed by atoms with Gasteiger partial charge in [-0.2, -0.15) is 13.2 Å². The number of benzene rings is 2. The normalized spacial score (nSPS) is 14.9. The minimum atomic E-state index is -4.60. The van der Waals surface area contributed by atoms with Crippen LogP contribution in [-0.2, 0) is 17.5 Å². The summed E-state index contributed by atoms with van der Waals surface area (Å²) in [7, 11) is 0. The van der Waals surface area contributed by atoms with Gasteiger partial charge in [-0.25, -0.2) is 4.79 Å². The van der Waals surface area contributed by atoms with Crippen molar-refractivity contribution in [3.63, 3.8) is 0 Å². The third-order valence-corrected chi connectivity index (χ3v) is 4.82. The zero-order valence-corrected chi connectivity index (χ0v) is 15.9. The average Bonchev–Trinajstić information content (AvgIpc) is 3.16. The molecule has 158 valence electrons. The van der Waals surface area contributed by atoms with Gasteiger partial charge in [0, 0.05) is 18.5 Å². The molecule has 1 saturated heterocycles. The van der Waals surface area contributed by atoms with Crippen LogP contribution in [0.15, 0.2) is 46.9 Å². The molecule has 0 unspecified atom stereocenters. The first kappa shape index (κ1) is 20.2. The summed E-state index contributed by atoms with van der Waals surface area (Å²) in [5.74, 6) is 0.508. The number of nitrogens with two attached hydrogens (primary N) is 1. The number of carbonyl (C=O) groups excluding carboxylic acids is 1. The highest BCUT2D eigenvalue weighted by molar-refractivity contribution is 5.87. The van der Waals surface area contributed by atoms with Crippen molar-refractivity contribution in [1.29, 1.82) is 0 Å². The van der Waals surface area contributed by atoms with E-state index in [9.17, 15) is 18.0 Å². The lowest BCUT2D eigenvalue weighted by atomic mass is 10.00. The SMILES string of the molecule is NCc1cc2cc(-c3cccc(OC(=O)N4CCOCC4)c3)cc(C(F)(F)F)c2o1. The van der Waals surface area contributed by atoms with Crippen LogP contribution >= 0.6 is 0 Å². The molecule has 6 nitrogen and oxygen atoms in total. The highest BCUT2D eigenvalue weighted by atomic mass is 19.4. The fraction of sp³-hybridized carbons (Fsp3) is 0.286. The Morgan fingerprint density at radius 2 is 1.87 bits per heavy atom. The van der Waals surface area contributed by atoms with Crippen molar-refractivity contribution in [3.05, 3.63) is 53.8 Å². The lowest BCUT2D eigenvalue weighted by molar-refractivity contribution is -0.136. The van der Waals surface area contributed by atoms with Gasteiger partial charge < -0.3 is 24.5 Å². The van der Waals surface area contributed by atoms with Crippen molar-refractivity contribution in [2.45, 2.75) is 12.7 Å². The minimum Gasteiger partial charge on any atom is -0.459 e. The Hall–Kier alpha value is -3.04. The van der Waals surface area contributed by atoms with Crippen molar-refractivity contribution < 1.29 is 31.9 Å². The Bertz CT molecular complexity index is 1070. The molecule has 0 aliphatic carbocycles. The molecule has 0 saturated carbocycles. The lowest BCUT2D eigenvalue weighted by Gasteiger charge is -2.25. The summed E-state index contributed by atoms with van der Waals surface area (Å²) in [6.45, 7) is 1.71. The molecule has 0 atom stereocenters. The average molecular weight is 420 g/mol. The number of hydrogen-bond acceptors (Lipinski definition) is 5. The van der Waals surface area contributed by atoms with Crippen LogP contribution in [0.3, 0.4) is 0 Å². The molecule has 2 aromatic carbocycles. The summed E-state index contributed by atoms with van der Waals surface area (Å²) in [4.78, 5) is 13.8. The van der Waals surface area contributed by atoms with Gasteiger partial charge in [-0.3, -0.25) is 0 Å². The molecular formula is C21H19F3N2O4. The summed E-state index contributed by atoms with van der Waals surface area (Å²) in [6, 6.07) is 10.5. The van der Waals surface area contributed by atoms with Crippen LogP contribution in [0.1, 0.15) is 11.3 Å². The van der Waals surface area contributed by atoms with E-state index in [0.29, 0.717) is 42.8 Å². The fourth-order valence-corrected chi connectivity index (χ4v) is 3.33. The highest BCUT2D eigenvalue weighted by Gasteiger charge is 2.35. The third kappa shape index (κ3) is 4.12. The van der Waals surface area contributed by atoms with E-state index in [-0.39, 0.29) is 23.6 Å². The summed E-state index contributed by atoms with van der Waals surface area (Å²) >= 11 is 0. The van der Waals surface area contributed by atoms with Crippen molar-refractivity contribution >= 4 is 17.1 Å². The number of alkyl halides is 3. The lowest BCUT2D eigenvalue weighted by Crippen LogP contribution is -2.42. The molecule has 0 radical (unpaired) electrons. The van der Waals surface area contributed by atoms with E-state index < -0.39 is 17.8 Å². The molecule has 1 aliphatic heterocycles. The van der Waals surface area contributed by atoms with E-state index in [0.717, 1.165) is 6.07 Å². The molecular weight excluding hydrogens is 401 g/mol. The van der Waals surface area contributed by atoms with Crippen LogP contribution in [0.2, 0.25) is 0 Å². The Morgan fingerprint density at radius 1 is 1.10 bits per heavy atom. The number of ether oxygens (including phenoxy) is 2. The Morgan fingerprint density at radius 3 is 2.57 bits per heavy atom. The second-order valence-electron chi connectivity index (χ2n) is 6.85. The maximum atomic E-state index is 13.6. The number of amides is 1. The fourth-order valence-electron chi connectivity index (χ4n) is 3.33. The zero-order chi connectivity index (χ0) is 21.3. The maximum absolute atomic E-state index is 13.6. The number of carbonyl (C=O) groups is 1. The van der Waals surface area contributed by atoms with E-state index in [1.807, 2.05) is 0 Å². The first-order valence-corrected chi connectivity index (χ1v) is 9.34. The molecule has 0 spiro atoms. The number of rotatable bonds is 3. The van der Waals surface area contributed by atoms with E-state index in [1.54, 1.807) is 24.3 Å².